The molecule has 4 rings (SSSR count). The molecule has 1 atom stereocenters. The number of benzene rings is 2. The van der Waals surface area contributed by atoms with Crippen molar-refractivity contribution in [2.45, 2.75) is 37.8 Å². The third kappa shape index (κ3) is 5.58. The molecule has 0 saturated carbocycles. The van der Waals surface area contributed by atoms with Gasteiger partial charge in [0.05, 0.1) is 11.3 Å². The molecule has 2 heterocycles. The van der Waals surface area contributed by atoms with Gasteiger partial charge in [-0.1, -0.05) is 40.5 Å². The summed E-state index contributed by atoms with van der Waals surface area (Å²) >= 11 is 11.5. The number of rotatable bonds is 5. The third-order valence-electron chi connectivity index (χ3n) is 5.92. The number of aromatic nitrogens is 1. The Morgan fingerprint density at radius 1 is 1.05 bits per heavy atom. The molecule has 0 bridgehead atoms. The number of hydrogen-bond donors (Lipinski definition) is 1. The number of carbonyl (C=O) groups is 1. The van der Waals surface area contributed by atoms with E-state index < -0.39 is 46.4 Å². The normalized spacial score (nSPS) is 17.7. The first-order valence-electron chi connectivity index (χ1n) is 10.9. The second-order valence-electron chi connectivity index (χ2n) is 8.56. The maximum absolute atomic E-state index is 14.3. The van der Waals surface area contributed by atoms with Gasteiger partial charge in [-0.2, -0.15) is 26.3 Å². The van der Waals surface area contributed by atoms with Crippen LogP contribution in [-0.2, 0) is 23.2 Å². The lowest BCUT2D eigenvalue weighted by atomic mass is 9.85. The van der Waals surface area contributed by atoms with Gasteiger partial charge in [0, 0.05) is 35.3 Å². The van der Waals surface area contributed by atoms with Crippen molar-refractivity contribution in [1.29, 1.82) is 0 Å². The lowest BCUT2D eigenvalue weighted by Crippen LogP contribution is -2.43. The zero-order valence-electron chi connectivity index (χ0n) is 19.3. The van der Waals surface area contributed by atoms with Crippen molar-refractivity contribution >= 4 is 34.8 Å². The molecular formula is C25H17Cl2F6N3O2. The average molecular weight is 576 g/mol. The molecule has 0 fully saturated rings. The van der Waals surface area contributed by atoms with Crippen LogP contribution in [0.5, 0.6) is 0 Å². The monoisotopic (exact) mass is 575 g/mol. The van der Waals surface area contributed by atoms with E-state index in [4.69, 9.17) is 28.0 Å². The maximum atomic E-state index is 14.3. The molecule has 1 aliphatic rings. The highest BCUT2D eigenvalue weighted by atomic mass is 35.5. The number of carbonyl (C=O) groups excluding carboxylic acids is 1. The van der Waals surface area contributed by atoms with Crippen LogP contribution in [0.25, 0.3) is 0 Å². The summed E-state index contributed by atoms with van der Waals surface area (Å²) in [6.45, 7) is 1.75. The zero-order chi connectivity index (χ0) is 27.9. The zero-order valence-corrected chi connectivity index (χ0v) is 20.9. The Balaban J connectivity index is 1.57. The van der Waals surface area contributed by atoms with Gasteiger partial charge in [-0.05, 0) is 60.0 Å². The van der Waals surface area contributed by atoms with Gasteiger partial charge in [-0.15, -0.1) is 0 Å². The summed E-state index contributed by atoms with van der Waals surface area (Å²) in [7, 11) is 0. The molecule has 200 valence electrons. The summed E-state index contributed by atoms with van der Waals surface area (Å²) in [5.41, 5.74) is -3.89. The highest BCUT2D eigenvalue weighted by molar-refractivity contribution is 6.30. The Hall–Kier alpha value is -3.31. The summed E-state index contributed by atoms with van der Waals surface area (Å²) in [6.07, 6.45) is -9.45. The molecule has 1 unspecified atom stereocenters. The number of nitrogens with one attached hydrogen (secondary N) is 1. The minimum Gasteiger partial charge on any atom is -0.374 e. The molecule has 0 spiro atoms. The Morgan fingerprint density at radius 2 is 1.79 bits per heavy atom. The lowest BCUT2D eigenvalue weighted by molar-refractivity contribution is -0.276. The van der Waals surface area contributed by atoms with E-state index in [-0.39, 0.29) is 23.4 Å². The standard InChI is InChI=1S/C25H17Cl2F6N3O2/c1-13-6-15(3-4-19(13)22(37)35-12-14-2-5-21(27)34-11-14)20-10-23(38-36-20,25(31,32)33)16-7-17(24(28,29)30)9-18(26)8-16/h2-9,11H,10,12H2,1H3,(H,35,37). The largest absolute Gasteiger partial charge is 0.435 e. The minimum absolute atomic E-state index is 0.154. The fourth-order valence-corrected chi connectivity index (χ4v) is 4.28. The van der Waals surface area contributed by atoms with Crippen LogP contribution in [0.2, 0.25) is 10.2 Å². The van der Waals surface area contributed by atoms with Crippen molar-refractivity contribution in [2.24, 2.45) is 5.16 Å². The first-order valence-corrected chi connectivity index (χ1v) is 11.6. The minimum atomic E-state index is -5.13. The van der Waals surface area contributed by atoms with Crippen LogP contribution in [0.4, 0.5) is 26.3 Å². The number of pyridine rings is 1. The number of alkyl halides is 6. The first kappa shape index (κ1) is 27.7. The Kier molecular flexibility index (Phi) is 7.37. The highest BCUT2D eigenvalue weighted by Crippen LogP contribution is 2.50. The second-order valence-corrected chi connectivity index (χ2v) is 9.38. The number of aryl methyl sites for hydroxylation is 1. The summed E-state index contributed by atoms with van der Waals surface area (Å²) in [5, 5.41) is 6.06. The van der Waals surface area contributed by atoms with Gasteiger partial charge < -0.3 is 10.2 Å². The summed E-state index contributed by atoms with van der Waals surface area (Å²) in [4.78, 5) is 21.4. The number of amides is 1. The SMILES string of the molecule is Cc1cc(C2=NOC(c3cc(Cl)cc(C(F)(F)F)c3)(C(F)(F)F)C2)ccc1C(=O)NCc1ccc(Cl)nc1. The van der Waals surface area contributed by atoms with Crippen LogP contribution in [0.15, 0.2) is 59.9 Å². The molecule has 38 heavy (non-hydrogen) atoms. The fourth-order valence-electron chi connectivity index (χ4n) is 3.93. The summed E-state index contributed by atoms with van der Waals surface area (Å²) in [5.74, 6) is -0.433. The smallest absolute Gasteiger partial charge is 0.374 e. The topological polar surface area (TPSA) is 63.6 Å². The van der Waals surface area contributed by atoms with Gasteiger partial charge in [0.2, 0.25) is 0 Å². The van der Waals surface area contributed by atoms with Crippen LogP contribution in [0.3, 0.4) is 0 Å². The van der Waals surface area contributed by atoms with Gasteiger partial charge in [0.1, 0.15) is 5.15 Å². The number of nitrogens with zero attached hydrogens (tertiary/aromatic N) is 2. The van der Waals surface area contributed by atoms with Gasteiger partial charge >= 0.3 is 12.4 Å². The van der Waals surface area contributed by atoms with Crippen LogP contribution in [0.1, 0.15) is 44.6 Å². The third-order valence-corrected chi connectivity index (χ3v) is 6.37. The Morgan fingerprint density at radius 3 is 2.39 bits per heavy atom. The van der Waals surface area contributed by atoms with Crippen molar-refractivity contribution in [1.82, 2.24) is 10.3 Å². The maximum Gasteiger partial charge on any atom is 0.435 e. The molecule has 0 aliphatic carbocycles. The van der Waals surface area contributed by atoms with Gasteiger partial charge in [-0.3, -0.25) is 4.79 Å². The Bertz CT molecular complexity index is 1410. The lowest BCUT2D eigenvalue weighted by Gasteiger charge is -2.30. The average Bonchev–Trinajstić information content (AvgIpc) is 3.30. The van der Waals surface area contributed by atoms with Crippen molar-refractivity contribution < 1.29 is 36.0 Å². The molecule has 1 aromatic heterocycles. The van der Waals surface area contributed by atoms with Crippen molar-refractivity contribution in [3.05, 3.63) is 98.3 Å². The first-order chi connectivity index (χ1) is 17.7. The van der Waals surface area contributed by atoms with Crippen LogP contribution >= 0.6 is 23.2 Å². The van der Waals surface area contributed by atoms with E-state index in [1.165, 1.54) is 24.4 Å². The molecule has 1 N–H and O–H groups in total. The predicted octanol–water partition coefficient (Wildman–Crippen LogP) is 7.23. The second kappa shape index (κ2) is 10.1. The van der Waals surface area contributed by atoms with Crippen molar-refractivity contribution in [2.75, 3.05) is 0 Å². The van der Waals surface area contributed by atoms with E-state index in [9.17, 15) is 31.1 Å². The van der Waals surface area contributed by atoms with Gasteiger partial charge in [0.15, 0.2) is 0 Å². The van der Waals surface area contributed by atoms with E-state index in [2.05, 4.69) is 15.5 Å². The Labute approximate surface area is 222 Å². The molecule has 13 heteroatoms. The van der Waals surface area contributed by atoms with Crippen molar-refractivity contribution in [3.8, 4) is 0 Å². The van der Waals surface area contributed by atoms with Crippen LogP contribution < -0.4 is 5.32 Å². The quantitative estimate of drug-likeness (QED) is 0.258. The van der Waals surface area contributed by atoms with Crippen LogP contribution in [0, 0.1) is 6.92 Å². The number of oxime groups is 1. The number of hydrogen-bond acceptors (Lipinski definition) is 4. The molecule has 0 radical (unpaired) electrons. The molecule has 1 amide bonds. The van der Waals surface area contributed by atoms with Crippen molar-refractivity contribution in [3.63, 3.8) is 0 Å². The fraction of sp³-hybridized carbons (Fsp3) is 0.240. The predicted molar refractivity (Wildman–Crippen MR) is 128 cm³/mol. The highest BCUT2D eigenvalue weighted by Gasteiger charge is 2.62. The van der Waals surface area contributed by atoms with E-state index >= 15 is 0 Å². The van der Waals surface area contributed by atoms with E-state index in [0.717, 1.165) is 6.07 Å². The van der Waals surface area contributed by atoms with E-state index in [1.807, 2.05) is 0 Å². The number of halogens is 8. The van der Waals surface area contributed by atoms with Gasteiger partial charge in [-0.25, -0.2) is 4.98 Å². The summed E-state index contributed by atoms with van der Waals surface area (Å²) in [6, 6.07) is 9.17. The molecule has 2 aromatic carbocycles. The molecule has 1 aliphatic heterocycles. The van der Waals surface area contributed by atoms with Gasteiger partial charge in [0.25, 0.3) is 11.5 Å². The summed E-state index contributed by atoms with van der Waals surface area (Å²) < 4.78 is 82.6. The molecule has 5 nitrogen and oxygen atoms in total. The van der Waals surface area contributed by atoms with Crippen LogP contribution in [-0.4, -0.2) is 22.8 Å². The molecule has 0 saturated heterocycles. The van der Waals surface area contributed by atoms with E-state index in [0.29, 0.717) is 28.4 Å². The molecule has 3 aromatic rings. The molecular weight excluding hydrogens is 559 g/mol. The van der Waals surface area contributed by atoms with E-state index in [1.54, 1.807) is 19.1 Å².